The van der Waals surface area contributed by atoms with E-state index in [4.69, 9.17) is 0 Å². The van der Waals surface area contributed by atoms with Gasteiger partial charge in [-0.25, -0.2) is 4.79 Å². The van der Waals surface area contributed by atoms with Gasteiger partial charge in [0.05, 0.1) is 13.2 Å². The Hall–Kier alpha value is -0.980. The van der Waals surface area contributed by atoms with Crippen molar-refractivity contribution in [3.63, 3.8) is 0 Å². The first-order chi connectivity index (χ1) is 7.34. The molecule has 0 amide bonds. The molecule has 0 saturated heterocycles. The van der Waals surface area contributed by atoms with Crippen molar-refractivity contribution in [2.75, 3.05) is 13.2 Å². The first-order valence-electron chi connectivity index (χ1n) is 4.45. The number of hydrogen-bond donors (Lipinski definition) is 0. The molecule has 0 saturated carbocycles. The molecule has 0 aromatic rings. The van der Waals surface area contributed by atoms with Crippen molar-refractivity contribution in [1.82, 2.24) is 0 Å². The van der Waals surface area contributed by atoms with E-state index in [0.717, 1.165) is 0 Å². The van der Waals surface area contributed by atoms with Crippen LogP contribution >= 0.6 is 15.9 Å². The van der Waals surface area contributed by atoms with E-state index in [1.807, 2.05) is 15.9 Å². The van der Waals surface area contributed by atoms with E-state index >= 15 is 0 Å². The number of rotatable bonds is 6. The minimum Gasteiger partial charge on any atom is -0.500 e. The van der Waals surface area contributed by atoms with Crippen molar-refractivity contribution >= 4 is 27.7 Å². The van der Waals surface area contributed by atoms with Gasteiger partial charge in [0.25, 0.3) is 5.78 Å². The minimum absolute atomic E-state index is 0.0244. The zero-order valence-electron chi connectivity index (χ0n) is 8.76. The van der Waals surface area contributed by atoms with Crippen LogP contribution in [0.15, 0.2) is 11.8 Å². The molecule has 0 aromatic heterocycles. The summed E-state index contributed by atoms with van der Waals surface area (Å²) in [4.78, 5) is 18.5. The van der Waals surface area contributed by atoms with Crippen LogP contribution in [-0.2, 0) is 19.1 Å². The Balaban J connectivity index is 4.96. The number of carbonyl (C=O) groups is 2. The SMILES string of the molecule is CCO/C=C(/C(=O)OCC)C(=O)C(F)(F)Br. The summed E-state index contributed by atoms with van der Waals surface area (Å²) >= 11 is 1.87. The minimum atomic E-state index is -3.82. The van der Waals surface area contributed by atoms with Crippen LogP contribution in [0.1, 0.15) is 13.8 Å². The van der Waals surface area contributed by atoms with Crippen LogP contribution < -0.4 is 0 Å². The van der Waals surface area contributed by atoms with Gasteiger partial charge in [0.1, 0.15) is 11.8 Å². The molecule has 0 N–H and O–H groups in total. The summed E-state index contributed by atoms with van der Waals surface area (Å²) in [6.45, 7) is 3.19. The molecule has 0 aromatic carbocycles. The molecule has 0 aliphatic carbocycles. The fourth-order valence-corrected chi connectivity index (χ4v) is 0.936. The summed E-state index contributed by atoms with van der Waals surface area (Å²) in [5.41, 5.74) is -0.828. The van der Waals surface area contributed by atoms with Crippen LogP contribution in [0.25, 0.3) is 0 Å². The third-order valence-electron chi connectivity index (χ3n) is 1.37. The average Bonchev–Trinajstić information content (AvgIpc) is 2.17. The predicted octanol–water partition coefficient (Wildman–Crippen LogP) is 2.03. The number of hydrogen-bond acceptors (Lipinski definition) is 4. The van der Waals surface area contributed by atoms with E-state index < -0.39 is 22.2 Å². The highest BCUT2D eigenvalue weighted by atomic mass is 79.9. The van der Waals surface area contributed by atoms with Gasteiger partial charge in [0.15, 0.2) is 0 Å². The number of alkyl halides is 3. The van der Waals surface area contributed by atoms with E-state index in [9.17, 15) is 18.4 Å². The quantitative estimate of drug-likeness (QED) is 0.188. The fourth-order valence-electron chi connectivity index (χ4n) is 0.723. The smallest absolute Gasteiger partial charge is 0.363 e. The molecule has 0 aliphatic rings. The van der Waals surface area contributed by atoms with Crippen molar-refractivity contribution in [2.45, 2.75) is 18.7 Å². The van der Waals surface area contributed by atoms with Crippen molar-refractivity contribution in [3.8, 4) is 0 Å². The Morgan fingerprint density at radius 3 is 2.25 bits per heavy atom. The number of esters is 1. The first-order valence-corrected chi connectivity index (χ1v) is 5.24. The van der Waals surface area contributed by atoms with Crippen molar-refractivity contribution in [2.24, 2.45) is 0 Å². The normalized spacial score (nSPS) is 12.2. The summed E-state index contributed by atoms with van der Waals surface area (Å²) in [6.07, 6.45) is 0.676. The molecule has 16 heavy (non-hydrogen) atoms. The fraction of sp³-hybridized carbons (Fsp3) is 0.556. The van der Waals surface area contributed by atoms with Crippen molar-refractivity contribution < 1.29 is 27.8 Å². The number of ketones is 1. The van der Waals surface area contributed by atoms with Gasteiger partial charge in [0, 0.05) is 0 Å². The molecule has 0 spiro atoms. The zero-order valence-corrected chi connectivity index (χ0v) is 10.3. The summed E-state index contributed by atoms with van der Waals surface area (Å²) < 4.78 is 34.4. The lowest BCUT2D eigenvalue weighted by Crippen LogP contribution is -2.28. The van der Waals surface area contributed by atoms with Crippen LogP contribution in [0, 0.1) is 0 Å². The second-order valence-electron chi connectivity index (χ2n) is 2.53. The molecule has 92 valence electrons. The van der Waals surface area contributed by atoms with Crippen LogP contribution in [0.3, 0.4) is 0 Å². The summed E-state index contributed by atoms with van der Waals surface area (Å²) in [5.74, 6) is -2.83. The highest BCUT2D eigenvalue weighted by Crippen LogP contribution is 2.26. The van der Waals surface area contributed by atoms with Gasteiger partial charge in [-0.3, -0.25) is 4.79 Å². The van der Waals surface area contributed by atoms with E-state index in [2.05, 4.69) is 9.47 Å². The largest absolute Gasteiger partial charge is 0.500 e. The molecule has 0 bridgehead atoms. The van der Waals surface area contributed by atoms with E-state index in [1.165, 1.54) is 6.92 Å². The molecule has 0 heterocycles. The van der Waals surface area contributed by atoms with Gasteiger partial charge >= 0.3 is 10.8 Å². The van der Waals surface area contributed by atoms with Crippen LogP contribution in [0.5, 0.6) is 0 Å². The Bertz CT molecular complexity index is 296. The van der Waals surface area contributed by atoms with Gasteiger partial charge < -0.3 is 9.47 Å². The molecule has 7 heteroatoms. The topological polar surface area (TPSA) is 52.6 Å². The molecular formula is C9H11BrF2O4. The molecule has 0 atom stereocenters. The molecule has 0 radical (unpaired) electrons. The lowest BCUT2D eigenvalue weighted by atomic mass is 10.2. The summed E-state index contributed by atoms with van der Waals surface area (Å²) in [6, 6.07) is 0. The van der Waals surface area contributed by atoms with Crippen LogP contribution in [0.4, 0.5) is 8.78 Å². The Kier molecular flexibility index (Phi) is 6.17. The van der Waals surface area contributed by atoms with Gasteiger partial charge in [-0.2, -0.15) is 8.78 Å². The molecule has 0 aliphatic heterocycles. The Morgan fingerprint density at radius 1 is 1.31 bits per heavy atom. The second-order valence-corrected chi connectivity index (χ2v) is 3.53. The van der Waals surface area contributed by atoms with Crippen LogP contribution in [-0.4, -0.2) is 29.8 Å². The molecular weight excluding hydrogens is 290 g/mol. The van der Waals surface area contributed by atoms with Gasteiger partial charge in [-0.15, -0.1) is 0 Å². The standard InChI is InChI=1S/C9H11BrF2O4/c1-3-15-5-6(8(14)16-4-2)7(13)9(10,11)12/h5H,3-4H2,1-2H3/b6-5+. The second kappa shape index (κ2) is 6.57. The van der Waals surface area contributed by atoms with E-state index in [-0.39, 0.29) is 13.2 Å². The molecule has 4 nitrogen and oxygen atoms in total. The van der Waals surface area contributed by atoms with E-state index in [0.29, 0.717) is 6.26 Å². The maximum Gasteiger partial charge on any atom is 0.363 e. The van der Waals surface area contributed by atoms with Gasteiger partial charge in [0.2, 0.25) is 0 Å². The van der Waals surface area contributed by atoms with Crippen LogP contribution in [0.2, 0.25) is 0 Å². The molecule has 0 fully saturated rings. The van der Waals surface area contributed by atoms with Crippen molar-refractivity contribution in [1.29, 1.82) is 0 Å². The number of ether oxygens (including phenoxy) is 2. The number of halogens is 3. The average molecular weight is 301 g/mol. The highest BCUT2D eigenvalue weighted by Gasteiger charge is 2.40. The maximum absolute atomic E-state index is 12.7. The lowest BCUT2D eigenvalue weighted by molar-refractivity contribution is -0.142. The van der Waals surface area contributed by atoms with Gasteiger partial charge in [-0.05, 0) is 29.8 Å². The Labute approximate surface area is 99.7 Å². The van der Waals surface area contributed by atoms with Gasteiger partial charge in [-0.1, -0.05) is 0 Å². The highest BCUT2D eigenvalue weighted by molar-refractivity contribution is 9.10. The van der Waals surface area contributed by atoms with E-state index in [1.54, 1.807) is 6.92 Å². The third-order valence-corrected chi connectivity index (χ3v) is 1.73. The molecule has 0 unspecified atom stereocenters. The third kappa shape index (κ3) is 4.69. The molecule has 0 rings (SSSR count). The number of Topliss-reactive ketones (excluding diaryl/α,β-unsaturated/α-hetero) is 1. The summed E-state index contributed by atoms with van der Waals surface area (Å²) in [5, 5.41) is 0. The lowest BCUT2D eigenvalue weighted by Gasteiger charge is -2.09. The number of carbonyl (C=O) groups excluding carboxylic acids is 2. The predicted molar refractivity (Wildman–Crippen MR) is 55.2 cm³/mol. The monoisotopic (exact) mass is 300 g/mol. The first kappa shape index (κ1) is 15.0. The van der Waals surface area contributed by atoms with Crippen molar-refractivity contribution in [3.05, 3.63) is 11.8 Å². The maximum atomic E-state index is 12.7. The Morgan fingerprint density at radius 2 is 1.88 bits per heavy atom. The summed E-state index contributed by atoms with van der Waals surface area (Å²) in [7, 11) is 0. The zero-order chi connectivity index (χ0) is 12.8.